The van der Waals surface area contributed by atoms with Crippen molar-refractivity contribution in [1.82, 2.24) is 9.80 Å². The van der Waals surface area contributed by atoms with E-state index in [0.29, 0.717) is 12.8 Å². The van der Waals surface area contributed by atoms with Crippen molar-refractivity contribution in [2.24, 2.45) is 0 Å². The van der Waals surface area contributed by atoms with Crippen molar-refractivity contribution in [2.75, 3.05) is 43.9 Å². The monoisotopic (exact) mass is 656 g/mol. The molecule has 0 spiro atoms. The molecule has 0 amide bonds. The SMILES string of the molecule is COC(=O)C1(Nc2ccccc2)CCN(Cc2ccccc2)CC1.O=C([O-])C1(Nc2ccccc2)CCN(Cc2ccccc2)CC1.[Na+]. The van der Waals surface area contributed by atoms with Crippen LogP contribution in [-0.2, 0) is 27.4 Å². The van der Waals surface area contributed by atoms with Crippen LogP contribution in [-0.4, -0.2) is 66.1 Å². The zero-order chi connectivity index (χ0) is 33.0. The average Bonchev–Trinajstić information content (AvgIpc) is 3.12. The van der Waals surface area contributed by atoms with E-state index in [4.69, 9.17) is 4.74 Å². The van der Waals surface area contributed by atoms with E-state index in [1.807, 2.05) is 84.9 Å². The summed E-state index contributed by atoms with van der Waals surface area (Å²) in [5.41, 5.74) is 2.73. The van der Waals surface area contributed by atoms with Crippen LogP contribution in [0.3, 0.4) is 0 Å². The van der Waals surface area contributed by atoms with Crippen LogP contribution in [0.25, 0.3) is 0 Å². The first-order valence-electron chi connectivity index (χ1n) is 16.4. The number of esters is 1. The Kier molecular flexibility index (Phi) is 14.1. The first-order chi connectivity index (χ1) is 22.9. The molecule has 8 nitrogen and oxygen atoms in total. The van der Waals surface area contributed by atoms with Gasteiger partial charge in [-0.05, 0) is 61.1 Å². The standard InChI is InChI=1S/C20H24N2O2.C19H22N2O2.Na/c1-24-19(23)20(21-18-10-6-3-7-11-18)12-14-22(15-13-20)16-17-8-4-2-5-9-17;22-18(23)19(20-17-9-5-2-6-10-17)11-13-21(14-12-19)15-16-7-3-1-4-8-16;/h2-11,21H,12-16H2,1H3;1-10,20H,11-15H2,(H,22,23);/q;;+1/p-1. The first kappa shape index (κ1) is 37.2. The molecule has 0 unspecified atom stereocenters. The maximum Gasteiger partial charge on any atom is 1.00 e. The summed E-state index contributed by atoms with van der Waals surface area (Å²) in [6.07, 6.45) is 2.55. The van der Waals surface area contributed by atoms with Crippen LogP contribution in [0.4, 0.5) is 11.4 Å². The van der Waals surface area contributed by atoms with Crippen molar-refractivity contribution in [3.8, 4) is 0 Å². The van der Waals surface area contributed by atoms with Crippen molar-refractivity contribution >= 4 is 23.3 Å². The third kappa shape index (κ3) is 10.2. The molecule has 2 aliphatic heterocycles. The molecule has 4 aromatic rings. The van der Waals surface area contributed by atoms with E-state index in [-0.39, 0.29) is 35.5 Å². The number of carboxylic acids is 1. The number of carboxylic acid groups (broad SMARTS) is 1. The molecule has 2 N–H and O–H groups in total. The van der Waals surface area contributed by atoms with Gasteiger partial charge in [-0.15, -0.1) is 0 Å². The number of hydrogen-bond donors (Lipinski definition) is 2. The fourth-order valence-corrected chi connectivity index (χ4v) is 6.42. The summed E-state index contributed by atoms with van der Waals surface area (Å²) in [6, 6.07) is 40.1. The Balaban J connectivity index is 0.000000212. The van der Waals surface area contributed by atoms with E-state index in [1.54, 1.807) is 0 Å². The quantitative estimate of drug-likeness (QED) is 0.198. The molecule has 0 bridgehead atoms. The summed E-state index contributed by atoms with van der Waals surface area (Å²) >= 11 is 0. The molecule has 2 heterocycles. The summed E-state index contributed by atoms with van der Waals surface area (Å²) in [6.45, 7) is 4.98. The number of methoxy groups -OCH3 is 1. The Morgan fingerprint density at radius 2 is 0.938 bits per heavy atom. The summed E-state index contributed by atoms with van der Waals surface area (Å²) in [5.74, 6) is -1.19. The van der Waals surface area contributed by atoms with E-state index >= 15 is 0 Å². The van der Waals surface area contributed by atoms with Crippen LogP contribution in [0, 0.1) is 0 Å². The van der Waals surface area contributed by atoms with Crippen molar-refractivity contribution in [1.29, 1.82) is 0 Å². The Morgan fingerprint density at radius 1 is 0.604 bits per heavy atom. The Morgan fingerprint density at radius 3 is 1.29 bits per heavy atom. The van der Waals surface area contributed by atoms with E-state index in [2.05, 4.69) is 56.8 Å². The van der Waals surface area contributed by atoms with Gasteiger partial charge in [0.05, 0.1) is 18.6 Å². The van der Waals surface area contributed by atoms with E-state index in [0.717, 1.165) is 63.5 Å². The van der Waals surface area contributed by atoms with Crippen molar-refractivity contribution in [3.05, 3.63) is 132 Å². The van der Waals surface area contributed by atoms with Gasteiger partial charge in [0.15, 0.2) is 0 Å². The zero-order valence-corrected chi connectivity index (χ0v) is 30.1. The molecule has 2 fully saturated rings. The van der Waals surface area contributed by atoms with Crippen LogP contribution in [0.1, 0.15) is 36.8 Å². The number of carbonyl (C=O) groups is 2. The van der Waals surface area contributed by atoms with Crippen LogP contribution >= 0.6 is 0 Å². The zero-order valence-electron chi connectivity index (χ0n) is 28.1. The number of ether oxygens (including phenoxy) is 1. The number of hydrogen-bond acceptors (Lipinski definition) is 8. The molecule has 9 heteroatoms. The van der Waals surface area contributed by atoms with Crippen molar-refractivity contribution in [2.45, 2.75) is 49.9 Å². The smallest absolute Gasteiger partial charge is 0.548 e. The normalized spacial score (nSPS) is 17.0. The molecule has 6 rings (SSSR count). The van der Waals surface area contributed by atoms with Gasteiger partial charge < -0.3 is 25.3 Å². The molecular weight excluding hydrogens is 611 g/mol. The number of para-hydroxylation sites is 2. The van der Waals surface area contributed by atoms with Gasteiger partial charge in [-0.1, -0.05) is 97.1 Å². The molecule has 2 aliphatic rings. The minimum Gasteiger partial charge on any atom is -0.548 e. The number of likely N-dealkylation sites (tertiary alicyclic amines) is 2. The number of nitrogens with zero attached hydrogens (tertiary/aromatic N) is 2. The van der Waals surface area contributed by atoms with E-state index in [9.17, 15) is 14.7 Å². The average molecular weight is 657 g/mol. The predicted molar refractivity (Wildman–Crippen MR) is 185 cm³/mol. The maximum atomic E-state index is 12.5. The molecule has 0 atom stereocenters. The number of rotatable bonds is 10. The molecule has 2 saturated heterocycles. The fraction of sp³-hybridized carbons (Fsp3) is 0.333. The topological polar surface area (TPSA) is 97.0 Å². The number of carbonyl (C=O) groups excluding carboxylic acids is 2. The van der Waals surface area contributed by atoms with Gasteiger partial charge in [0.25, 0.3) is 0 Å². The second kappa shape index (κ2) is 18.2. The maximum absolute atomic E-state index is 12.5. The fourth-order valence-electron chi connectivity index (χ4n) is 6.42. The molecule has 0 saturated carbocycles. The summed E-state index contributed by atoms with van der Waals surface area (Å²) in [5, 5.41) is 18.4. The Hall–Kier alpha value is -3.66. The van der Waals surface area contributed by atoms with Crippen LogP contribution in [0.2, 0.25) is 0 Å². The second-order valence-corrected chi connectivity index (χ2v) is 12.4. The molecule has 48 heavy (non-hydrogen) atoms. The number of nitrogens with one attached hydrogen (secondary N) is 2. The summed E-state index contributed by atoms with van der Waals surface area (Å²) in [7, 11) is 1.47. The minimum atomic E-state index is -1.01. The van der Waals surface area contributed by atoms with E-state index in [1.165, 1.54) is 18.2 Å². The van der Waals surface area contributed by atoms with Crippen LogP contribution in [0.15, 0.2) is 121 Å². The van der Waals surface area contributed by atoms with Crippen LogP contribution in [0.5, 0.6) is 0 Å². The number of aliphatic carboxylic acids is 1. The third-order valence-corrected chi connectivity index (χ3v) is 9.20. The van der Waals surface area contributed by atoms with Crippen LogP contribution < -0.4 is 45.3 Å². The molecule has 0 aromatic heterocycles. The second-order valence-electron chi connectivity index (χ2n) is 12.4. The minimum absolute atomic E-state index is 0. The molecular formula is C39H45N4NaO4. The molecule has 246 valence electrons. The molecule has 4 aromatic carbocycles. The van der Waals surface area contributed by atoms with Gasteiger partial charge >= 0.3 is 35.5 Å². The van der Waals surface area contributed by atoms with Crippen molar-refractivity contribution < 1.29 is 49.0 Å². The largest absolute Gasteiger partial charge is 1.00 e. The van der Waals surface area contributed by atoms with Gasteiger partial charge in [0.2, 0.25) is 0 Å². The van der Waals surface area contributed by atoms with E-state index < -0.39 is 17.0 Å². The van der Waals surface area contributed by atoms with Gasteiger partial charge in [-0.2, -0.15) is 0 Å². The number of anilines is 2. The Bertz CT molecular complexity index is 1530. The van der Waals surface area contributed by atoms with Gasteiger partial charge in [0, 0.05) is 50.6 Å². The van der Waals surface area contributed by atoms with Gasteiger partial charge in [0.1, 0.15) is 5.54 Å². The molecule has 0 radical (unpaired) electrons. The third-order valence-electron chi connectivity index (χ3n) is 9.20. The predicted octanol–water partition coefficient (Wildman–Crippen LogP) is 2.19. The van der Waals surface area contributed by atoms with Crippen molar-refractivity contribution in [3.63, 3.8) is 0 Å². The van der Waals surface area contributed by atoms with Gasteiger partial charge in [-0.25, -0.2) is 4.79 Å². The summed E-state index contributed by atoms with van der Waals surface area (Å²) in [4.78, 5) is 28.9. The summed E-state index contributed by atoms with van der Waals surface area (Å²) < 4.78 is 5.10. The first-order valence-corrected chi connectivity index (χ1v) is 16.4. The Labute approximate surface area is 306 Å². The molecule has 0 aliphatic carbocycles. The van der Waals surface area contributed by atoms with Gasteiger partial charge in [-0.3, -0.25) is 9.80 Å². The number of benzene rings is 4. The number of piperidine rings is 2.